The summed E-state index contributed by atoms with van der Waals surface area (Å²) < 4.78 is 303. The van der Waals surface area contributed by atoms with Gasteiger partial charge in [0.15, 0.2) is 116 Å². The minimum Gasteiger partial charge on any atom is -0.252 e. The van der Waals surface area contributed by atoms with Crippen molar-refractivity contribution in [2.75, 3.05) is 0 Å². The van der Waals surface area contributed by atoms with Gasteiger partial charge in [-0.05, 0) is 34.6 Å². The van der Waals surface area contributed by atoms with Gasteiger partial charge in [0.05, 0.1) is 23.8 Å². The lowest BCUT2D eigenvalue weighted by molar-refractivity contribution is 0.381. The molecule has 1 aromatic heterocycles. The first-order valence-electron chi connectivity index (χ1n) is 20.9. The van der Waals surface area contributed by atoms with Crippen LogP contribution in [0.25, 0.3) is 22.5 Å². The first-order valence-corrected chi connectivity index (χ1v) is 20.9. The Morgan fingerprint density at radius 2 is 0.486 bits per heavy atom. The van der Waals surface area contributed by atoms with Crippen LogP contribution in [0.5, 0.6) is 0 Å². The lowest BCUT2D eigenvalue weighted by atomic mass is 9.30. The number of hydrogen-bond acceptors (Lipinski definition) is 2. The lowest BCUT2D eigenvalue weighted by Gasteiger charge is -2.32. The van der Waals surface area contributed by atoms with Crippen LogP contribution in [0, 0.1) is 128 Å². The van der Waals surface area contributed by atoms with Crippen LogP contribution >= 0.6 is 0 Å². The summed E-state index contributed by atoms with van der Waals surface area (Å²) >= 11 is 0. The first-order chi connectivity index (χ1) is 33.8. The number of benzene rings is 6. The summed E-state index contributed by atoms with van der Waals surface area (Å²) in [5.74, 6) is -60.0. The molecule has 0 saturated heterocycles. The zero-order chi connectivity index (χ0) is 53.3. The van der Waals surface area contributed by atoms with Gasteiger partial charge in [-0.25, -0.2) is 87.8 Å². The average Bonchev–Trinajstić information content (AvgIpc) is 3.36. The van der Waals surface area contributed by atoms with Crippen LogP contribution < -0.4 is 21.9 Å². The van der Waals surface area contributed by atoms with E-state index in [0.717, 1.165) is 24.5 Å². The van der Waals surface area contributed by atoms with Crippen LogP contribution in [0.15, 0.2) is 60.9 Å². The van der Waals surface area contributed by atoms with Crippen LogP contribution in [0.1, 0.15) is 50.5 Å². The Morgan fingerprint density at radius 1 is 0.292 bits per heavy atom. The quantitative estimate of drug-likeness (QED) is 0.0527. The van der Waals surface area contributed by atoms with Crippen LogP contribution in [-0.4, -0.2) is 23.4 Å². The molecule has 2 unspecified atom stereocenters. The molecule has 0 saturated carbocycles. The van der Waals surface area contributed by atoms with E-state index >= 15 is 35.1 Å². The standard InChI is InChI=1S/C48H26B2F20N2/c1-15(2)23(49(25-29(51)37(59)45(67)38(60)30(25)52)26-31(53)39(61)46(68)40(62)32(26)54)19-11-7-5-9-17(19)21-13-72-22(14-71-21)18-10-6-8-12-20(18)24(16(3)4)50(27-33(55)41(63)47(69)42(64)34(27)56)28-35(57)43(65)48(70)44(66)36(28)58/h5-16,23-24H,1-4H3. The molecule has 7 aromatic rings. The number of halogens is 20. The predicted octanol–water partition coefficient (Wildman–Crippen LogP) is 11.8. The molecule has 374 valence electrons. The molecule has 0 radical (unpaired) electrons. The highest BCUT2D eigenvalue weighted by Crippen LogP contribution is 2.40. The van der Waals surface area contributed by atoms with Crippen LogP contribution in [0.4, 0.5) is 87.8 Å². The summed E-state index contributed by atoms with van der Waals surface area (Å²) in [6.45, 7) is -0.998. The zero-order valence-corrected chi connectivity index (χ0v) is 36.7. The Hall–Kier alpha value is -6.87. The third-order valence-corrected chi connectivity index (χ3v) is 12.2. The zero-order valence-electron chi connectivity index (χ0n) is 36.7. The van der Waals surface area contributed by atoms with E-state index in [4.69, 9.17) is 0 Å². The lowest BCUT2D eigenvalue weighted by Crippen LogP contribution is -2.56. The Balaban J connectivity index is 1.45. The molecule has 0 aliphatic rings. The minimum absolute atomic E-state index is 0.223. The molecule has 2 atom stereocenters. The van der Waals surface area contributed by atoms with Gasteiger partial charge < -0.3 is 0 Å². The van der Waals surface area contributed by atoms with Gasteiger partial charge >= 0.3 is 0 Å². The SMILES string of the molecule is CC(C)C(B(c1c(F)c(F)c(F)c(F)c1F)c1c(F)c(F)c(F)c(F)c1F)c1ccccc1-c1cnc(-c2ccccc2C(B(c2c(F)c(F)c(F)c(F)c2F)c2c(F)c(F)c(F)c(F)c2F)C(C)C)cn1. The van der Waals surface area contributed by atoms with E-state index in [2.05, 4.69) is 9.97 Å². The van der Waals surface area contributed by atoms with E-state index in [-0.39, 0.29) is 33.6 Å². The monoisotopic (exact) mass is 1030 g/mol. The molecule has 0 N–H and O–H groups in total. The Bertz CT molecular complexity index is 2840. The highest BCUT2D eigenvalue weighted by atomic mass is 19.2. The summed E-state index contributed by atoms with van der Waals surface area (Å²) in [5, 5.41) is 0. The maximum absolute atomic E-state index is 15.8. The van der Waals surface area contributed by atoms with Crippen molar-refractivity contribution >= 4 is 35.3 Å². The third kappa shape index (κ3) is 8.52. The van der Waals surface area contributed by atoms with Gasteiger partial charge in [0.2, 0.25) is 13.4 Å². The van der Waals surface area contributed by atoms with Gasteiger partial charge in [0.1, 0.15) is 0 Å². The maximum Gasteiger partial charge on any atom is 0.233 e. The Morgan fingerprint density at radius 3 is 0.681 bits per heavy atom. The van der Waals surface area contributed by atoms with Crippen LogP contribution in [0.3, 0.4) is 0 Å². The van der Waals surface area contributed by atoms with Crippen molar-refractivity contribution < 1.29 is 87.8 Å². The van der Waals surface area contributed by atoms with Gasteiger partial charge in [0.25, 0.3) is 0 Å². The number of aromatic nitrogens is 2. The molecule has 6 aromatic carbocycles. The number of nitrogens with zero attached hydrogens (tertiary/aromatic N) is 2. The number of hydrogen-bond donors (Lipinski definition) is 0. The van der Waals surface area contributed by atoms with E-state index in [1.165, 1.54) is 64.1 Å². The summed E-state index contributed by atoms with van der Waals surface area (Å²) in [7, 11) is 0. The van der Waals surface area contributed by atoms with E-state index < -0.39 is 175 Å². The van der Waals surface area contributed by atoms with Gasteiger partial charge in [0, 0.05) is 33.0 Å². The molecule has 1 heterocycles. The molecule has 2 nitrogen and oxygen atoms in total. The third-order valence-electron chi connectivity index (χ3n) is 12.2. The van der Waals surface area contributed by atoms with Crippen molar-refractivity contribution in [2.45, 2.75) is 39.3 Å². The molecule has 0 aliphatic heterocycles. The molecular formula is C48H26B2F20N2. The predicted molar refractivity (Wildman–Crippen MR) is 223 cm³/mol. The molecule has 0 spiro atoms. The smallest absolute Gasteiger partial charge is 0.233 e. The molecule has 0 amide bonds. The Labute approximate surface area is 394 Å². The molecule has 0 fully saturated rings. The van der Waals surface area contributed by atoms with Crippen LogP contribution in [0.2, 0.25) is 0 Å². The topological polar surface area (TPSA) is 25.8 Å². The van der Waals surface area contributed by atoms with Crippen molar-refractivity contribution in [2.24, 2.45) is 11.8 Å². The average molecular weight is 1030 g/mol. The Kier molecular flexibility index (Phi) is 14.7. The maximum atomic E-state index is 15.8. The largest absolute Gasteiger partial charge is 0.252 e. The molecule has 0 bridgehead atoms. The molecule has 7 rings (SSSR count). The first kappa shape index (κ1) is 52.9. The highest BCUT2D eigenvalue weighted by molar-refractivity contribution is 6.87. The fourth-order valence-electron chi connectivity index (χ4n) is 9.08. The van der Waals surface area contributed by atoms with Gasteiger partial charge in [-0.1, -0.05) is 76.2 Å². The second-order valence-corrected chi connectivity index (χ2v) is 16.9. The molecule has 72 heavy (non-hydrogen) atoms. The van der Waals surface area contributed by atoms with Crippen LogP contribution in [-0.2, 0) is 0 Å². The second kappa shape index (κ2) is 20.0. The van der Waals surface area contributed by atoms with Crippen molar-refractivity contribution in [1.29, 1.82) is 0 Å². The fourth-order valence-corrected chi connectivity index (χ4v) is 9.08. The van der Waals surface area contributed by atoms with E-state index in [0.29, 0.717) is 0 Å². The molecule has 0 aliphatic carbocycles. The van der Waals surface area contributed by atoms with Crippen molar-refractivity contribution in [1.82, 2.24) is 9.97 Å². The second-order valence-electron chi connectivity index (χ2n) is 16.9. The normalized spacial score (nSPS) is 12.6. The van der Waals surface area contributed by atoms with Crippen molar-refractivity contribution in [3.05, 3.63) is 188 Å². The number of rotatable bonds is 12. The molecule has 24 heteroatoms. The van der Waals surface area contributed by atoms with Crippen molar-refractivity contribution in [3.8, 4) is 22.5 Å². The van der Waals surface area contributed by atoms with E-state index in [9.17, 15) is 52.7 Å². The summed E-state index contributed by atoms with van der Waals surface area (Å²) in [5.41, 5.74) is -9.70. The van der Waals surface area contributed by atoms with Crippen molar-refractivity contribution in [3.63, 3.8) is 0 Å². The van der Waals surface area contributed by atoms with Gasteiger partial charge in [-0.3, -0.25) is 9.97 Å². The summed E-state index contributed by atoms with van der Waals surface area (Å²) in [4.78, 5) is 8.58. The van der Waals surface area contributed by atoms with E-state index in [1.807, 2.05) is 0 Å². The summed E-state index contributed by atoms with van der Waals surface area (Å²) in [6.07, 6.45) is 1.81. The van der Waals surface area contributed by atoms with E-state index in [1.54, 1.807) is 0 Å². The fraction of sp³-hybridized carbons (Fsp3) is 0.167. The highest BCUT2D eigenvalue weighted by Gasteiger charge is 2.48. The van der Waals surface area contributed by atoms with Gasteiger partial charge in [-0.2, -0.15) is 0 Å². The summed E-state index contributed by atoms with van der Waals surface area (Å²) in [6, 6.07) is 9.53. The minimum atomic E-state index is -2.91. The molecular weight excluding hydrogens is 1010 g/mol. The van der Waals surface area contributed by atoms with Gasteiger partial charge in [-0.15, -0.1) is 0 Å².